The van der Waals surface area contributed by atoms with Gasteiger partial charge in [-0.05, 0) is 27.7 Å². The number of nitrogens with one attached hydrogen (secondary N) is 1. The molecule has 0 radical (unpaired) electrons. The topological polar surface area (TPSA) is 38.3 Å². The molecule has 1 N–H and O–H groups in total. The number of alkyl carbamates (subject to hydrolysis) is 1. The first-order chi connectivity index (χ1) is 6.66. The Balaban J connectivity index is 3.97. The molecular weight excluding hydrogens is 305 g/mol. The summed E-state index contributed by atoms with van der Waals surface area (Å²) in [5.41, 5.74) is -0.460. The molecule has 0 rings (SSSR count). The third-order valence-electron chi connectivity index (χ3n) is 1.47. The van der Waals surface area contributed by atoms with Crippen molar-refractivity contribution in [2.24, 2.45) is 0 Å². The van der Waals surface area contributed by atoms with Crippen LogP contribution in [0.2, 0.25) is 0 Å². The number of hydrogen-bond acceptors (Lipinski definition) is 2. The summed E-state index contributed by atoms with van der Waals surface area (Å²) in [5, 5.41) is 2.70. The fourth-order valence-electron chi connectivity index (χ4n) is 0.846. The lowest BCUT2D eigenvalue weighted by molar-refractivity contribution is 0.0524. The maximum atomic E-state index is 11.3. The number of ether oxygens (including phenoxy) is 1. The molecule has 0 aliphatic rings. The van der Waals surface area contributed by atoms with Gasteiger partial charge in [-0.25, -0.2) is 4.79 Å². The highest BCUT2D eigenvalue weighted by Gasteiger charge is 2.22. The van der Waals surface area contributed by atoms with Gasteiger partial charge >= 0.3 is 6.09 Å². The van der Waals surface area contributed by atoms with Crippen molar-refractivity contribution in [1.29, 1.82) is 0 Å². The van der Waals surface area contributed by atoms with Crippen LogP contribution in [0.1, 0.15) is 34.1 Å². The summed E-state index contributed by atoms with van der Waals surface area (Å²) in [6.07, 6.45) is 5.44. The van der Waals surface area contributed by atoms with Gasteiger partial charge in [-0.1, -0.05) is 22.6 Å². The number of terminal acetylenes is 1. The van der Waals surface area contributed by atoms with Crippen molar-refractivity contribution < 1.29 is 9.53 Å². The van der Waals surface area contributed by atoms with Crippen LogP contribution in [0.25, 0.3) is 0 Å². The van der Waals surface area contributed by atoms with Crippen LogP contribution in [0.3, 0.4) is 0 Å². The molecule has 15 heavy (non-hydrogen) atoms. The first-order valence-corrected chi connectivity index (χ1v) is 5.83. The van der Waals surface area contributed by atoms with Crippen LogP contribution < -0.4 is 5.32 Å². The third kappa shape index (κ3) is 8.55. The van der Waals surface area contributed by atoms with Crippen molar-refractivity contribution in [3.8, 4) is 12.3 Å². The molecule has 0 saturated heterocycles. The minimum atomic E-state index is -0.460. The number of alkyl halides is 1. The zero-order chi connectivity index (χ0) is 12.1. The maximum Gasteiger partial charge on any atom is 0.407 e. The van der Waals surface area contributed by atoms with E-state index in [1.807, 2.05) is 27.7 Å². The Morgan fingerprint density at radius 1 is 1.47 bits per heavy atom. The number of carbonyl (C=O) groups is 1. The Bertz CT molecular complexity index is 261. The molecule has 1 amide bonds. The van der Waals surface area contributed by atoms with Gasteiger partial charge in [0.1, 0.15) is 5.60 Å². The van der Waals surface area contributed by atoms with E-state index in [1.54, 1.807) is 0 Å². The predicted molar refractivity (Wildman–Crippen MR) is 70.1 cm³/mol. The summed E-state index contributed by atoms with van der Waals surface area (Å²) in [4.78, 5) is 11.3. The Labute approximate surface area is 105 Å². The first kappa shape index (κ1) is 14.6. The molecule has 0 aromatic rings. The second kappa shape index (κ2) is 5.59. The summed E-state index contributed by atoms with van der Waals surface area (Å²) in [5.74, 6) is 2.58. The van der Waals surface area contributed by atoms with Crippen molar-refractivity contribution in [3.63, 3.8) is 0 Å². The number of carbonyl (C=O) groups excluding carboxylic acids is 1. The molecule has 0 aromatic carbocycles. The highest BCUT2D eigenvalue weighted by molar-refractivity contribution is 14.1. The van der Waals surface area contributed by atoms with Gasteiger partial charge in [0.2, 0.25) is 0 Å². The zero-order valence-electron chi connectivity index (χ0n) is 9.69. The van der Waals surface area contributed by atoms with Gasteiger partial charge in [-0.15, -0.1) is 12.3 Å². The number of rotatable bonds is 3. The van der Waals surface area contributed by atoms with Crippen molar-refractivity contribution in [3.05, 3.63) is 0 Å². The quantitative estimate of drug-likeness (QED) is 0.493. The first-order valence-electron chi connectivity index (χ1n) is 4.75. The SMILES string of the molecule is C#CCC(C)(I)CNC(=O)OC(C)(C)C. The molecule has 0 fully saturated rings. The molecular formula is C11H18INO2. The van der Waals surface area contributed by atoms with Gasteiger partial charge < -0.3 is 10.1 Å². The molecule has 0 aliphatic heterocycles. The van der Waals surface area contributed by atoms with Crippen LogP contribution >= 0.6 is 22.6 Å². The smallest absolute Gasteiger partial charge is 0.407 e. The van der Waals surface area contributed by atoms with Gasteiger partial charge in [-0.3, -0.25) is 0 Å². The average Bonchev–Trinajstić information content (AvgIpc) is 1.98. The molecule has 4 heteroatoms. The highest BCUT2D eigenvalue weighted by atomic mass is 127. The van der Waals surface area contributed by atoms with E-state index in [2.05, 4.69) is 33.8 Å². The Kier molecular flexibility index (Phi) is 5.43. The van der Waals surface area contributed by atoms with Crippen LogP contribution in [0.4, 0.5) is 4.79 Å². The van der Waals surface area contributed by atoms with E-state index in [4.69, 9.17) is 11.2 Å². The molecule has 86 valence electrons. The van der Waals surface area contributed by atoms with Gasteiger partial charge in [0.15, 0.2) is 0 Å². The van der Waals surface area contributed by atoms with Crippen LogP contribution in [0.15, 0.2) is 0 Å². The van der Waals surface area contributed by atoms with E-state index < -0.39 is 11.7 Å². The lowest BCUT2D eigenvalue weighted by Crippen LogP contribution is -2.39. The lowest BCUT2D eigenvalue weighted by Gasteiger charge is -2.23. The largest absolute Gasteiger partial charge is 0.444 e. The molecule has 0 spiro atoms. The molecule has 1 atom stereocenters. The van der Waals surface area contributed by atoms with E-state index >= 15 is 0 Å². The van der Waals surface area contributed by atoms with Crippen LogP contribution in [-0.4, -0.2) is 21.7 Å². The summed E-state index contributed by atoms with van der Waals surface area (Å²) in [6, 6.07) is 0. The van der Waals surface area contributed by atoms with Crippen molar-refractivity contribution >= 4 is 28.7 Å². The lowest BCUT2D eigenvalue weighted by atomic mass is 10.1. The van der Waals surface area contributed by atoms with Crippen molar-refractivity contribution in [2.45, 2.75) is 43.1 Å². The zero-order valence-corrected chi connectivity index (χ0v) is 11.8. The molecule has 0 bridgehead atoms. The Morgan fingerprint density at radius 2 is 2.00 bits per heavy atom. The average molecular weight is 323 g/mol. The second-order valence-electron chi connectivity index (χ2n) is 4.65. The Hall–Kier alpha value is -0.440. The molecule has 0 saturated carbocycles. The van der Waals surface area contributed by atoms with Crippen LogP contribution in [-0.2, 0) is 4.74 Å². The number of amides is 1. The van der Waals surface area contributed by atoms with Crippen LogP contribution in [0.5, 0.6) is 0 Å². The van der Waals surface area contributed by atoms with E-state index in [0.29, 0.717) is 13.0 Å². The van der Waals surface area contributed by atoms with E-state index in [9.17, 15) is 4.79 Å². The molecule has 0 heterocycles. The third-order valence-corrected chi connectivity index (χ3v) is 2.23. The minimum absolute atomic E-state index is 0.122. The van der Waals surface area contributed by atoms with E-state index in [0.717, 1.165) is 0 Å². The standard InChI is InChI=1S/C11H18INO2/c1-6-7-11(5,12)8-13-9(14)15-10(2,3)4/h1H,7-8H2,2-5H3,(H,13,14). The summed E-state index contributed by atoms with van der Waals surface area (Å²) in [6.45, 7) is 7.99. The van der Waals surface area contributed by atoms with Crippen molar-refractivity contribution in [2.75, 3.05) is 6.54 Å². The molecule has 0 aromatic heterocycles. The number of halogens is 1. The monoisotopic (exact) mass is 323 g/mol. The molecule has 3 nitrogen and oxygen atoms in total. The normalized spacial score (nSPS) is 14.9. The summed E-state index contributed by atoms with van der Waals surface area (Å²) >= 11 is 2.23. The highest BCUT2D eigenvalue weighted by Crippen LogP contribution is 2.20. The molecule has 0 aliphatic carbocycles. The molecule has 1 unspecified atom stereocenters. The predicted octanol–water partition coefficient (Wildman–Crippen LogP) is 2.73. The fraction of sp³-hybridized carbons (Fsp3) is 0.727. The Morgan fingerprint density at radius 3 is 2.40 bits per heavy atom. The van der Waals surface area contributed by atoms with E-state index in [-0.39, 0.29) is 3.42 Å². The van der Waals surface area contributed by atoms with E-state index in [1.165, 1.54) is 0 Å². The fourth-order valence-corrected chi connectivity index (χ4v) is 1.26. The second-order valence-corrected chi connectivity index (χ2v) is 7.25. The minimum Gasteiger partial charge on any atom is -0.444 e. The maximum absolute atomic E-state index is 11.3. The van der Waals surface area contributed by atoms with Gasteiger partial charge in [0.25, 0.3) is 0 Å². The summed E-state index contributed by atoms with van der Waals surface area (Å²) < 4.78 is 4.98. The number of hydrogen-bond donors (Lipinski definition) is 1. The van der Waals surface area contributed by atoms with Crippen LogP contribution in [0, 0.1) is 12.3 Å². The van der Waals surface area contributed by atoms with Gasteiger partial charge in [0.05, 0.1) is 0 Å². The van der Waals surface area contributed by atoms with Crippen molar-refractivity contribution in [1.82, 2.24) is 5.32 Å². The summed E-state index contributed by atoms with van der Waals surface area (Å²) in [7, 11) is 0. The van der Waals surface area contributed by atoms with Gasteiger partial charge in [-0.2, -0.15) is 0 Å². The van der Waals surface area contributed by atoms with Gasteiger partial charge in [0, 0.05) is 16.4 Å².